The average Bonchev–Trinajstić information content (AvgIpc) is 2.59. The standard InChI is InChI=1S/C17H19ClN4O2/c1-20-16(23)7-6-15(19-20)17(24)22-10-8-21(9-11-22)12-13-2-4-14(18)5-3-13/h2-7H,8-12H2,1H3. The van der Waals surface area contributed by atoms with Crippen LogP contribution >= 0.6 is 11.6 Å². The van der Waals surface area contributed by atoms with Gasteiger partial charge in [-0.15, -0.1) is 0 Å². The van der Waals surface area contributed by atoms with E-state index in [2.05, 4.69) is 10.00 Å². The molecular weight excluding hydrogens is 328 g/mol. The van der Waals surface area contributed by atoms with Gasteiger partial charge in [-0.3, -0.25) is 14.5 Å². The summed E-state index contributed by atoms with van der Waals surface area (Å²) in [5, 5.41) is 4.76. The van der Waals surface area contributed by atoms with Gasteiger partial charge in [0, 0.05) is 50.9 Å². The van der Waals surface area contributed by atoms with E-state index in [0.29, 0.717) is 18.8 Å². The van der Waals surface area contributed by atoms with Crippen molar-refractivity contribution in [3.05, 3.63) is 63.0 Å². The van der Waals surface area contributed by atoms with E-state index in [1.165, 1.54) is 22.4 Å². The molecule has 1 fully saturated rings. The van der Waals surface area contributed by atoms with Crippen LogP contribution in [0, 0.1) is 0 Å². The Hall–Kier alpha value is -2.18. The van der Waals surface area contributed by atoms with Crippen LogP contribution in [0.25, 0.3) is 0 Å². The van der Waals surface area contributed by atoms with Crippen LogP contribution < -0.4 is 5.56 Å². The molecule has 1 aromatic carbocycles. The van der Waals surface area contributed by atoms with Crippen LogP contribution in [-0.2, 0) is 13.6 Å². The summed E-state index contributed by atoms with van der Waals surface area (Å²) in [6.07, 6.45) is 0. The molecule has 1 aliphatic rings. The fourth-order valence-corrected chi connectivity index (χ4v) is 2.86. The summed E-state index contributed by atoms with van der Waals surface area (Å²) < 4.78 is 1.18. The zero-order valence-corrected chi connectivity index (χ0v) is 14.2. The maximum absolute atomic E-state index is 12.5. The lowest BCUT2D eigenvalue weighted by Gasteiger charge is -2.34. The molecule has 0 unspecified atom stereocenters. The van der Waals surface area contributed by atoms with Crippen molar-refractivity contribution in [3.63, 3.8) is 0 Å². The largest absolute Gasteiger partial charge is 0.335 e. The Bertz CT molecular complexity index is 780. The molecule has 0 spiro atoms. The summed E-state index contributed by atoms with van der Waals surface area (Å²) in [4.78, 5) is 27.9. The number of benzene rings is 1. The van der Waals surface area contributed by atoms with Crippen molar-refractivity contribution in [1.82, 2.24) is 19.6 Å². The summed E-state index contributed by atoms with van der Waals surface area (Å²) in [7, 11) is 1.54. The molecule has 0 bridgehead atoms. The minimum Gasteiger partial charge on any atom is -0.335 e. The molecule has 2 aromatic rings. The lowest BCUT2D eigenvalue weighted by molar-refractivity contribution is 0.0620. The second-order valence-corrected chi connectivity index (χ2v) is 6.31. The molecule has 6 nitrogen and oxygen atoms in total. The van der Waals surface area contributed by atoms with Crippen molar-refractivity contribution in [2.45, 2.75) is 6.54 Å². The summed E-state index contributed by atoms with van der Waals surface area (Å²) >= 11 is 5.90. The molecular formula is C17H19ClN4O2. The van der Waals surface area contributed by atoms with Crippen LogP contribution in [-0.4, -0.2) is 51.7 Å². The number of carbonyl (C=O) groups is 1. The number of piperazine rings is 1. The minimum atomic E-state index is -0.223. The van der Waals surface area contributed by atoms with Gasteiger partial charge in [0.1, 0.15) is 5.69 Å². The van der Waals surface area contributed by atoms with Crippen molar-refractivity contribution in [1.29, 1.82) is 0 Å². The SMILES string of the molecule is Cn1nc(C(=O)N2CCN(Cc3ccc(Cl)cc3)CC2)ccc1=O. The molecule has 0 N–H and O–H groups in total. The molecule has 0 saturated carbocycles. The number of amides is 1. The van der Waals surface area contributed by atoms with Gasteiger partial charge in [0.25, 0.3) is 11.5 Å². The predicted molar refractivity (Wildman–Crippen MR) is 92.1 cm³/mol. The van der Waals surface area contributed by atoms with E-state index < -0.39 is 0 Å². The summed E-state index contributed by atoms with van der Waals surface area (Å²) in [6.45, 7) is 3.76. The highest BCUT2D eigenvalue weighted by Crippen LogP contribution is 2.13. The van der Waals surface area contributed by atoms with Crippen LogP contribution in [0.3, 0.4) is 0 Å². The van der Waals surface area contributed by atoms with E-state index in [-0.39, 0.29) is 11.5 Å². The van der Waals surface area contributed by atoms with Gasteiger partial charge < -0.3 is 4.90 Å². The minimum absolute atomic E-state index is 0.128. The molecule has 0 radical (unpaired) electrons. The summed E-state index contributed by atoms with van der Waals surface area (Å²) in [5.74, 6) is -0.128. The summed E-state index contributed by atoms with van der Waals surface area (Å²) in [6, 6.07) is 10.7. The Balaban J connectivity index is 1.58. The van der Waals surface area contributed by atoms with Gasteiger partial charge in [-0.1, -0.05) is 23.7 Å². The Labute approximate surface area is 145 Å². The van der Waals surface area contributed by atoms with Gasteiger partial charge in [-0.2, -0.15) is 5.10 Å². The second-order valence-electron chi connectivity index (χ2n) is 5.88. The lowest BCUT2D eigenvalue weighted by atomic mass is 10.2. The molecule has 1 amide bonds. The fourth-order valence-electron chi connectivity index (χ4n) is 2.74. The monoisotopic (exact) mass is 346 g/mol. The van der Waals surface area contributed by atoms with Gasteiger partial charge in [0.2, 0.25) is 0 Å². The number of aromatic nitrogens is 2. The van der Waals surface area contributed by atoms with Crippen LogP contribution in [0.2, 0.25) is 5.02 Å². The molecule has 0 aliphatic carbocycles. The third kappa shape index (κ3) is 3.83. The first-order valence-electron chi connectivity index (χ1n) is 7.83. The van der Waals surface area contributed by atoms with Gasteiger partial charge in [-0.25, -0.2) is 4.68 Å². The Kier molecular flexibility index (Phi) is 4.97. The predicted octanol–water partition coefficient (Wildman–Crippen LogP) is 1.39. The van der Waals surface area contributed by atoms with Gasteiger partial charge in [-0.05, 0) is 23.8 Å². The Morgan fingerprint density at radius 1 is 1.08 bits per heavy atom. The number of aryl methyl sites for hydroxylation is 1. The third-order valence-electron chi connectivity index (χ3n) is 4.16. The molecule has 24 heavy (non-hydrogen) atoms. The van der Waals surface area contributed by atoms with Crippen molar-refractivity contribution in [3.8, 4) is 0 Å². The maximum Gasteiger partial charge on any atom is 0.274 e. The van der Waals surface area contributed by atoms with Crippen LogP contribution in [0.4, 0.5) is 0 Å². The topological polar surface area (TPSA) is 58.4 Å². The highest BCUT2D eigenvalue weighted by atomic mass is 35.5. The van der Waals surface area contributed by atoms with E-state index in [4.69, 9.17) is 11.6 Å². The van der Waals surface area contributed by atoms with Crippen LogP contribution in [0.5, 0.6) is 0 Å². The molecule has 126 valence electrons. The molecule has 3 rings (SSSR count). The molecule has 1 saturated heterocycles. The Morgan fingerprint density at radius 3 is 2.38 bits per heavy atom. The molecule has 0 atom stereocenters. The number of hydrogen-bond donors (Lipinski definition) is 0. The zero-order valence-electron chi connectivity index (χ0n) is 13.5. The normalized spacial score (nSPS) is 15.5. The number of hydrogen-bond acceptors (Lipinski definition) is 4. The first kappa shape index (κ1) is 16.7. The molecule has 1 aliphatic heterocycles. The average molecular weight is 347 g/mol. The van der Waals surface area contributed by atoms with Crippen molar-refractivity contribution >= 4 is 17.5 Å². The first-order chi connectivity index (χ1) is 11.5. The van der Waals surface area contributed by atoms with Crippen LogP contribution in [0.1, 0.15) is 16.1 Å². The highest BCUT2D eigenvalue weighted by molar-refractivity contribution is 6.30. The van der Waals surface area contributed by atoms with E-state index in [1.54, 1.807) is 11.9 Å². The smallest absolute Gasteiger partial charge is 0.274 e. The number of nitrogens with zero attached hydrogens (tertiary/aromatic N) is 4. The fraction of sp³-hybridized carbons (Fsp3) is 0.353. The second kappa shape index (κ2) is 7.15. The maximum atomic E-state index is 12.5. The summed E-state index contributed by atoms with van der Waals surface area (Å²) in [5.41, 5.74) is 1.29. The first-order valence-corrected chi connectivity index (χ1v) is 8.21. The lowest BCUT2D eigenvalue weighted by Crippen LogP contribution is -2.48. The van der Waals surface area contributed by atoms with E-state index >= 15 is 0 Å². The van der Waals surface area contributed by atoms with E-state index in [0.717, 1.165) is 24.7 Å². The van der Waals surface area contributed by atoms with Gasteiger partial charge in [0.05, 0.1) is 0 Å². The van der Waals surface area contributed by atoms with Crippen molar-refractivity contribution in [2.24, 2.45) is 7.05 Å². The van der Waals surface area contributed by atoms with Gasteiger partial charge in [0.15, 0.2) is 0 Å². The Morgan fingerprint density at radius 2 is 1.75 bits per heavy atom. The van der Waals surface area contributed by atoms with E-state index in [1.807, 2.05) is 24.3 Å². The van der Waals surface area contributed by atoms with Crippen molar-refractivity contribution in [2.75, 3.05) is 26.2 Å². The number of rotatable bonds is 3. The van der Waals surface area contributed by atoms with Gasteiger partial charge >= 0.3 is 0 Å². The molecule has 1 aromatic heterocycles. The quantitative estimate of drug-likeness (QED) is 0.842. The van der Waals surface area contributed by atoms with Crippen LogP contribution in [0.15, 0.2) is 41.2 Å². The molecule has 2 heterocycles. The highest BCUT2D eigenvalue weighted by Gasteiger charge is 2.23. The molecule has 7 heteroatoms. The number of halogens is 1. The third-order valence-corrected chi connectivity index (χ3v) is 4.41. The number of carbonyl (C=O) groups excluding carboxylic acids is 1. The zero-order chi connectivity index (χ0) is 17.1. The van der Waals surface area contributed by atoms with Crippen molar-refractivity contribution < 1.29 is 4.79 Å². The van der Waals surface area contributed by atoms with E-state index in [9.17, 15) is 9.59 Å².